The van der Waals surface area contributed by atoms with Crippen LogP contribution in [0.4, 0.5) is 0 Å². The third-order valence-electron chi connectivity index (χ3n) is 4.67. The Bertz CT molecular complexity index is 299. The maximum Gasteiger partial charge on any atom is 0.242 e. The Morgan fingerprint density at radius 3 is 2.95 bits per heavy atom. The molecule has 0 aromatic heterocycles. The molecule has 0 radical (unpaired) electrons. The molecule has 4 heteroatoms. The Balaban J connectivity index is 2.00. The summed E-state index contributed by atoms with van der Waals surface area (Å²) in [5.74, 6) is 0.803. The highest BCUT2D eigenvalue weighted by Gasteiger charge is 2.43. The highest BCUT2D eigenvalue weighted by molar-refractivity contribution is 5.86. The number of amides is 1. The van der Waals surface area contributed by atoms with Crippen molar-refractivity contribution in [2.24, 2.45) is 5.92 Å². The summed E-state index contributed by atoms with van der Waals surface area (Å²) in [6.45, 7) is 5.10. The molecule has 2 atom stereocenters. The molecule has 2 heterocycles. The van der Waals surface area contributed by atoms with Crippen molar-refractivity contribution in [1.29, 1.82) is 0 Å². The molecule has 110 valence electrons. The van der Waals surface area contributed by atoms with Gasteiger partial charge in [-0.25, -0.2) is 0 Å². The van der Waals surface area contributed by atoms with Crippen molar-refractivity contribution in [2.75, 3.05) is 26.2 Å². The SMILES string of the molecule is CCCC1(C(=O)N2CCCC(CCO)C2)CCCN1. The molecule has 2 unspecified atom stereocenters. The van der Waals surface area contributed by atoms with Crippen LogP contribution in [0, 0.1) is 5.92 Å². The minimum atomic E-state index is -0.282. The van der Waals surface area contributed by atoms with E-state index in [0.29, 0.717) is 11.8 Å². The lowest BCUT2D eigenvalue weighted by atomic mass is 9.87. The number of rotatable bonds is 5. The molecule has 0 aromatic carbocycles. The minimum Gasteiger partial charge on any atom is -0.396 e. The fraction of sp³-hybridized carbons (Fsp3) is 0.933. The number of nitrogens with one attached hydrogen (secondary N) is 1. The molecule has 0 aromatic rings. The van der Waals surface area contributed by atoms with Gasteiger partial charge in [0.2, 0.25) is 5.91 Å². The molecule has 2 fully saturated rings. The van der Waals surface area contributed by atoms with Gasteiger partial charge < -0.3 is 15.3 Å². The summed E-state index contributed by atoms with van der Waals surface area (Å²) in [4.78, 5) is 14.9. The first kappa shape index (κ1) is 14.8. The Morgan fingerprint density at radius 2 is 2.32 bits per heavy atom. The highest BCUT2D eigenvalue weighted by Crippen LogP contribution is 2.29. The van der Waals surface area contributed by atoms with E-state index in [-0.39, 0.29) is 12.1 Å². The van der Waals surface area contributed by atoms with E-state index in [1.807, 2.05) is 0 Å². The Morgan fingerprint density at radius 1 is 1.47 bits per heavy atom. The summed E-state index contributed by atoms with van der Waals surface area (Å²) >= 11 is 0. The molecule has 0 bridgehead atoms. The Labute approximate surface area is 116 Å². The van der Waals surface area contributed by atoms with Gasteiger partial charge in [-0.15, -0.1) is 0 Å². The number of nitrogens with zero attached hydrogens (tertiary/aromatic N) is 1. The lowest BCUT2D eigenvalue weighted by Crippen LogP contribution is -2.56. The summed E-state index contributed by atoms with van der Waals surface area (Å²) in [5.41, 5.74) is -0.282. The zero-order valence-corrected chi connectivity index (χ0v) is 12.2. The molecular weight excluding hydrogens is 240 g/mol. The second-order valence-corrected chi connectivity index (χ2v) is 6.13. The molecule has 2 aliphatic rings. The second kappa shape index (κ2) is 6.71. The Kier molecular flexibility index (Phi) is 5.22. The average Bonchev–Trinajstić information content (AvgIpc) is 2.89. The second-order valence-electron chi connectivity index (χ2n) is 6.13. The predicted molar refractivity (Wildman–Crippen MR) is 75.9 cm³/mol. The largest absolute Gasteiger partial charge is 0.396 e. The number of aliphatic hydroxyl groups is 1. The smallest absolute Gasteiger partial charge is 0.242 e. The molecule has 2 N–H and O–H groups in total. The van der Waals surface area contributed by atoms with Gasteiger partial charge >= 0.3 is 0 Å². The van der Waals surface area contributed by atoms with E-state index in [1.165, 1.54) is 0 Å². The molecule has 19 heavy (non-hydrogen) atoms. The van der Waals surface area contributed by atoms with Crippen LogP contribution in [-0.2, 0) is 4.79 Å². The molecule has 0 spiro atoms. The minimum absolute atomic E-state index is 0.241. The third-order valence-corrected chi connectivity index (χ3v) is 4.67. The fourth-order valence-corrected chi connectivity index (χ4v) is 3.71. The topological polar surface area (TPSA) is 52.6 Å². The lowest BCUT2D eigenvalue weighted by Gasteiger charge is -2.39. The summed E-state index contributed by atoms with van der Waals surface area (Å²) < 4.78 is 0. The zero-order valence-electron chi connectivity index (χ0n) is 12.2. The number of carbonyl (C=O) groups is 1. The van der Waals surface area contributed by atoms with Gasteiger partial charge in [0.05, 0.1) is 5.54 Å². The molecule has 1 amide bonds. The van der Waals surface area contributed by atoms with Crippen LogP contribution in [-0.4, -0.2) is 47.7 Å². The Hall–Kier alpha value is -0.610. The van der Waals surface area contributed by atoms with Crippen LogP contribution < -0.4 is 5.32 Å². The van der Waals surface area contributed by atoms with Crippen molar-refractivity contribution < 1.29 is 9.90 Å². The van der Waals surface area contributed by atoms with E-state index < -0.39 is 0 Å². The number of carbonyl (C=O) groups excluding carboxylic acids is 1. The van der Waals surface area contributed by atoms with Crippen LogP contribution in [0.2, 0.25) is 0 Å². The first-order chi connectivity index (χ1) is 9.22. The third kappa shape index (κ3) is 3.29. The van der Waals surface area contributed by atoms with Gasteiger partial charge in [0.15, 0.2) is 0 Å². The summed E-state index contributed by atoms with van der Waals surface area (Å²) in [5, 5.41) is 12.5. The van der Waals surface area contributed by atoms with E-state index in [1.54, 1.807) is 0 Å². The maximum atomic E-state index is 12.9. The van der Waals surface area contributed by atoms with Crippen LogP contribution in [0.25, 0.3) is 0 Å². The molecule has 2 saturated heterocycles. The van der Waals surface area contributed by atoms with E-state index >= 15 is 0 Å². The van der Waals surface area contributed by atoms with Gasteiger partial charge in [-0.05, 0) is 51.0 Å². The summed E-state index contributed by atoms with van der Waals surface area (Å²) in [6, 6.07) is 0. The number of aliphatic hydroxyl groups excluding tert-OH is 1. The lowest BCUT2D eigenvalue weighted by molar-refractivity contribution is -0.140. The molecule has 4 nitrogen and oxygen atoms in total. The van der Waals surface area contributed by atoms with Crippen molar-refractivity contribution >= 4 is 5.91 Å². The van der Waals surface area contributed by atoms with Crippen LogP contribution in [0.15, 0.2) is 0 Å². The fourth-order valence-electron chi connectivity index (χ4n) is 3.71. The van der Waals surface area contributed by atoms with Gasteiger partial charge in [0, 0.05) is 19.7 Å². The predicted octanol–water partition coefficient (Wildman–Crippen LogP) is 1.53. The molecule has 2 rings (SSSR count). The highest BCUT2D eigenvalue weighted by atomic mass is 16.3. The summed E-state index contributed by atoms with van der Waals surface area (Å²) in [7, 11) is 0. The van der Waals surface area contributed by atoms with Gasteiger partial charge in [0.1, 0.15) is 0 Å². The monoisotopic (exact) mass is 268 g/mol. The number of piperidine rings is 1. The van der Waals surface area contributed by atoms with Crippen molar-refractivity contribution in [3.05, 3.63) is 0 Å². The van der Waals surface area contributed by atoms with Crippen molar-refractivity contribution in [2.45, 2.75) is 57.4 Å². The average molecular weight is 268 g/mol. The first-order valence-electron chi connectivity index (χ1n) is 7.87. The number of likely N-dealkylation sites (tertiary alicyclic amines) is 1. The quantitative estimate of drug-likeness (QED) is 0.795. The molecule has 0 aliphatic carbocycles. The molecule has 0 saturated carbocycles. The van der Waals surface area contributed by atoms with Crippen molar-refractivity contribution in [3.63, 3.8) is 0 Å². The van der Waals surface area contributed by atoms with Crippen LogP contribution in [0.3, 0.4) is 0 Å². The van der Waals surface area contributed by atoms with Crippen molar-refractivity contribution in [3.8, 4) is 0 Å². The molecular formula is C15H28N2O2. The van der Waals surface area contributed by atoms with Gasteiger partial charge in [0.25, 0.3) is 0 Å². The van der Waals surface area contributed by atoms with E-state index in [9.17, 15) is 4.79 Å². The van der Waals surface area contributed by atoms with E-state index in [4.69, 9.17) is 5.11 Å². The van der Waals surface area contributed by atoms with Crippen LogP contribution in [0.1, 0.15) is 51.9 Å². The van der Waals surface area contributed by atoms with E-state index in [0.717, 1.165) is 64.6 Å². The van der Waals surface area contributed by atoms with Crippen LogP contribution >= 0.6 is 0 Å². The van der Waals surface area contributed by atoms with Crippen molar-refractivity contribution in [1.82, 2.24) is 10.2 Å². The van der Waals surface area contributed by atoms with Gasteiger partial charge in [-0.3, -0.25) is 4.79 Å². The maximum absolute atomic E-state index is 12.9. The van der Waals surface area contributed by atoms with Gasteiger partial charge in [-0.1, -0.05) is 13.3 Å². The first-order valence-corrected chi connectivity index (χ1v) is 7.87. The summed E-state index contributed by atoms with van der Waals surface area (Å²) in [6.07, 6.45) is 7.16. The van der Waals surface area contributed by atoms with E-state index in [2.05, 4.69) is 17.1 Å². The normalized spacial score (nSPS) is 31.7. The number of hydrogen-bond donors (Lipinski definition) is 2. The number of hydrogen-bond acceptors (Lipinski definition) is 3. The van der Waals surface area contributed by atoms with Gasteiger partial charge in [-0.2, -0.15) is 0 Å². The van der Waals surface area contributed by atoms with Crippen LogP contribution in [0.5, 0.6) is 0 Å². The zero-order chi connectivity index (χ0) is 13.7. The molecule has 2 aliphatic heterocycles. The standard InChI is InChI=1S/C15H28N2O2/c1-2-7-15(8-4-9-16-15)14(19)17-10-3-5-13(12-17)6-11-18/h13,16,18H,2-12H2,1H3.